The first kappa shape index (κ1) is 10.0. The third-order valence-corrected chi connectivity index (χ3v) is 2.70. The lowest BCUT2D eigenvalue weighted by molar-refractivity contribution is 0.364. The van der Waals surface area contributed by atoms with Crippen molar-refractivity contribution in [3.63, 3.8) is 0 Å². The van der Waals surface area contributed by atoms with Crippen molar-refractivity contribution in [1.82, 2.24) is 0 Å². The van der Waals surface area contributed by atoms with E-state index in [1.54, 1.807) is 7.11 Å². The molecule has 0 unspecified atom stereocenters. The zero-order valence-corrected chi connectivity index (χ0v) is 9.07. The zero-order chi connectivity index (χ0) is 10.5. The molecule has 1 aliphatic rings. The molecular weight excluding hydrogens is 184 g/mol. The summed E-state index contributed by atoms with van der Waals surface area (Å²) in [4.78, 5) is 0. The molecular formula is C14H16O. The van der Waals surface area contributed by atoms with Gasteiger partial charge in [0, 0.05) is 5.56 Å². The fourth-order valence-electron chi connectivity index (χ4n) is 1.97. The SMILES string of the molecule is COC(=C1CC=CCC1)c1ccccc1. The first-order valence-electron chi connectivity index (χ1n) is 5.38. The molecule has 0 radical (unpaired) electrons. The highest BCUT2D eigenvalue weighted by atomic mass is 16.5. The molecule has 1 aromatic rings. The van der Waals surface area contributed by atoms with Crippen LogP contribution in [-0.2, 0) is 4.74 Å². The van der Waals surface area contributed by atoms with E-state index in [4.69, 9.17) is 4.74 Å². The van der Waals surface area contributed by atoms with E-state index in [0.29, 0.717) is 0 Å². The Hall–Kier alpha value is -1.50. The quantitative estimate of drug-likeness (QED) is 0.521. The molecule has 0 heterocycles. The Bertz CT molecular complexity index is 374. The smallest absolute Gasteiger partial charge is 0.125 e. The Morgan fingerprint density at radius 3 is 2.53 bits per heavy atom. The van der Waals surface area contributed by atoms with Crippen molar-refractivity contribution in [3.05, 3.63) is 53.6 Å². The van der Waals surface area contributed by atoms with Crippen LogP contribution in [0.15, 0.2) is 48.1 Å². The second-order valence-electron chi connectivity index (χ2n) is 3.72. The monoisotopic (exact) mass is 200 g/mol. The molecule has 0 spiro atoms. The summed E-state index contributed by atoms with van der Waals surface area (Å²) in [5.74, 6) is 1.06. The van der Waals surface area contributed by atoms with Gasteiger partial charge in [0.05, 0.1) is 7.11 Å². The van der Waals surface area contributed by atoms with E-state index in [1.165, 1.54) is 11.1 Å². The highest BCUT2D eigenvalue weighted by Crippen LogP contribution is 2.27. The van der Waals surface area contributed by atoms with Crippen molar-refractivity contribution in [1.29, 1.82) is 0 Å². The average Bonchev–Trinajstić information content (AvgIpc) is 2.33. The van der Waals surface area contributed by atoms with Crippen LogP contribution in [0.25, 0.3) is 5.76 Å². The minimum absolute atomic E-state index is 1.03. The van der Waals surface area contributed by atoms with Gasteiger partial charge in [0.1, 0.15) is 5.76 Å². The fraction of sp³-hybridized carbons (Fsp3) is 0.286. The van der Waals surface area contributed by atoms with Crippen LogP contribution in [-0.4, -0.2) is 7.11 Å². The van der Waals surface area contributed by atoms with Gasteiger partial charge < -0.3 is 4.74 Å². The van der Waals surface area contributed by atoms with E-state index in [1.807, 2.05) is 18.2 Å². The molecule has 78 valence electrons. The summed E-state index contributed by atoms with van der Waals surface area (Å²) < 4.78 is 5.52. The van der Waals surface area contributed by atoms with Gasteiger partial charge in [-0.05, 0) is 24.8 Å². The first-order chi connectivity index (χ1) is 7.42. The maximum absolute atomic E-state index is 5.52. The van der Waals surface area contributed by atoms with E-state index in [0.717, 1.165) is 25.0 Å². The summed E-state index contributed by atoms with van der Waals surface area (Å²) in [6.45, 7) is 0. The normalized spacial score (nSPS) is 18.7. The number of hydrogen-bond donors (Lipinski definition) is 0. The van der Waals surface area contributed by atoms with E-state index in [9.17, 15) is 0 Å². The minimum atomic E-state index is 1.03. The predicted molar refractivity (Wildman–Crippen MR) is 63.4 cm³/mol. The number of hydrogen-bond acceptors (Lipinski definition) is 1. The van der Waals surface area contributed by atoms with E-state index >= 15 is 0 Å². The second kappa shape index (κ2) is 4.83. The molecule has 0 aliphatic heterocycles. The zero-order valence-electron chi connectivity index (χ0n) is 9.07. The molecule has 15 heavy (non-hydrogen) atoms. The molecule has 0 amide bonds. The van der Waals surface area contributed by atoms with Gasteiger partial charge in [0.15, 0.2) is 0 Å². The molecule has 0 N–H and O–H groups in total. The number of methoxy groups -OCH3 is 1. The summed E-state index contributed by atoms with van der Waals surface area (Å²) in [5, 5.41) is 0. The second-order valence-corrected chi connectivity index (χ2v) is 3.72. The molecule has 1 aromatic carbocycles. The van der Waals surface area contributed by atoms with Gasteiger partial charge in [-0.15, -0.1) is 0 Å². The Morgan fingerprint density at radius 1 is 1.13 bits per heavy atom. The number of ether oxygens (including phenoxy) is 1. The number of benzene rings is 1. The van der Waals surface area contributed by atoms with Gasteiger partial charge >= 0.3 is 0 Å². The topological polar surface area (TPSA) is 9.23 Å². The molecule has 0 saturated carbocycles. The third kappa shape index (κ3) is 2.30. The highest BCUT2D eigenvalue weighted by Gasteiger charge is 2.10. The van der Waals surface area contributed by atoms with Crippen LogP contribution in [0.5, 0.6) is 0 Å². The Kier molecular flexibility index (Phi) is 3.23. The lowest BCUT2D eigenvalue weighted by Gasteiger charge is -2.15. The molecule has 1 nitrogen and oxygen atoms in total. The molecule has 1 heteroatoms. The van der Waals surface area contributed by atoms with Gasteiger partial charge in [-0.3, -0.25) is 0 Å². The fourth-order valence-corrected chi connectivity index (χ4v) is 1.97. The number of allylic oxidation sites excluding steroid dienone is 3. The van der Waals surface area contributed by atoms with Crippen LogP contribution in [0, 0.1) is 0 Å². The summed E-state index contributed by atoms with van der Waals surface area (Å²) in [5.41, 5.74) is 2.59. The van der Waals surface area contributed by atoms with Crippen molar-refractivity contribution >= 4 is 5.76 Å². The van der Waals surface area contributed by atoms with Crippen LogP contribution in [0.3, 0.4) is 0 Å². The molecule has 1 aliphatic carbocycles. The summed E-state index contributed by atoms with van der Waals surface area (Å²) in [6, 6.07) is 10.3. The van der Waals surface area contributed by atoms with Crippen LogP contribution in [0.4, 0.5) is 0 Å². The van der Waals surface area contributed by atoms with Gasteiger partial charge in [-0.25, -0.2) is 0 Å². The minimum Gasteiger partial charge on any atom is -0.496 e. The Balaban J connectivity index is 2.35. The van der Waals surface area contributed by atoms with Crippen LogP contribution in [0.1, 0.15) is 24.8 Å². The van der Waals surface area contributed by atoms with E-state index < -0.39 is 0 Å². The summed E-state index contributed by atoms with van der Waals surface area (Å²) >= 11 is 0. The van der Waals surface area contributed by atoms with Gasteiger partial charge in [-0.1, -0.05) is 42.5 Å². The van der Waals surface area contributed by atoms with Crippen LogP contribution >= 0.6 is 0 Å². The van der Waals surface area contributed by atoms with Crippen molar-refractivity contribution in [2.24, 2.45) is 0 Å². The molecule has 2 rings (SSSR count). The highest BCUT2D eigenvalue weighted by molar-refractivity contribution is 5.63. The van der Waals surface area contributed by atoms with Crippen LogP contribution in [0.2, 0.25) is 0 Å². The summed E-state index contributed by atoms with van der Waals surface area (Å²) in [7, 11) is 1.76. The number of rotatable bonds is 2. The summed E-state index contributed by atoms with van der Waals surface area (Å²) in [6.07, 6.45) is 7.74. The Morgan fingerprint density at radius 2 is 1.93 bits per heavy atom. The van der Waals surface area contributed by atoms with Crippen molar-refractivity contribution in [2.45, 2.75) is 19.3 Å². The predicted octanol–water partition coefficient (Wildman–Crippen LogP) is 3.78. The lowest BCUT2D eigenvalue weighted by atomic mass is 9.97. The van der Waals surface area contributed by atoms with Crippen molar-refractivity contribution in [2.75, 3.05) is 7.11 Å². The molecule has 0 aromatic heterocycles. The molecule has 0 atom stereocenters. The van der Waals surface area contributed by atoms with E-state index in [2.05, 4.69) is 24.3 Å². The molecule has 0 fully saturated rings. The maximum Gasteiger partial charge on any atom is 0.125 e. The van der Waals surface area contributed by atoms with Gasteiger partial charge in [0.2, 0.25) is 0 Å². The lowest BCUT2D eigenvalue weighted by Crippen LogP contribution is -1.97. The van der Waals surface area contributed by atoms with Gasteiger partial charge in [0.25, 0.3) is 0 Å². The molecule has 0 saturated heterocycles. The third-order valence-electron chi connectivity index (χ3n) is 2.70. The van der Waals surface area contributed by atoms with Crippen LogP contribution < -0.4 is 0 Å². The first-order valence-corrected chi connectivity index (χ1v) is 5.38. The average molecular weight is 200 g/mol. The van der Waals surface area contributed by atoms with Crippen molar-refractivity contribution in [3.8, 4) is 0 Å². The van der Waals surface area contributed by atoms with Crippen molar-refractivity contribution < 1.29 is 4.74 Å². The molecule has 0 bridgehead atoms. The maximum atomic E-state index is 5.52. The standard InChI is InChI=1S/C14H16O/c1-15-14(12-8-4-2-5-9-12)13-10-6-3-7-11-13/h2-6,8-9H,7,10-11H2,1H3. The largest absolute Gasteiger partial charge is 0.496 e. The van der Waals surface area contributed by atoms with Gasteiger partial charge in [-0.2, -0.15) is 0 Å². The Labute approximate surface area is 91.1 Å². The van der Waals surface area contributed by atoms with E-state index in [-0.39, 0.29) is 0 Å².